The topological polar surface area (TPSA) is 131 Å². The molecule has 10 nitrogen and oxygen atoms in total. The summed E-state index contributed by atoms with van der Waals surface area (Å²) in [4.78, 5) is 61.5. The lowest BCUT2D eigenvalue weighted by molar-refractivity contribution is -0.150. The first-order valence-electron chi connectivity index (χ1n) is 26.1. The third-order valence-electron chi connectivity index (χ3n) is 12.4. The first kappa shape index (κ1) is 57.1. The number of nitrogens with zero attached hydrogens (tertiary/aromatic N) is 2. The van der Waals surface area contributed by atoms with E-state index in [-0.39, 0.29) is 35.6 Å². The van der Waals surface area contributed by atoms with E-state index in [1.807, 2.05) is 4.90 Å². The predicted molar refractivity (Wildman–Crippen MR) is 256 cm³/mol. The number of ether oxygens (including phenoxy) is 2. The van der Waals surface area contributed by atoms with Gasteiger partial charge < -0.3 is 24.7 Å². The number of carbonyl (C=O) groups excluding carboxylic acids is 4. The van der Waals surface area contributed by atoms with Gasteiger partial charge >= 0.3 is 11.9 Å². The van der Waals surface area contributed by atoms with Crippen LogP contribution in [-0.4, -0.2) is 71.0 Å². The number of unbranched alkanes of at least 4 members (excludes halogenated alkanes) is 22. The molecule has 3 atom stereocenters. The van der Waals surface area contributed by atoms with E-state index in [1.165, 1.54) is 110 Å². The summed E-state index contributed by atoms with van der Waals surface area (Å²) in [6.45, 7) is 12.5. The third-order valence-corrected chi connectivity index (χ3v) is 12.4. The highest BCUT2D eigenvalue weighted by molar-refractivity contribution is 5.87. The van der Waals surface area contributed by atoms with E-state index >= 15 is 0 Å². The molecule has 1 rings (SSSR count). The van der Waals surface area contributed by atoms with Crippen molar-refractivity contribution in [2.24, 2.45) is 11.8 Å². The molecule has 360 valence electrons. The van der Waals surface area contributed by atoms with Gasteiger partial charge in [-0.2, -0.15) is 0 Å². The molecule has 0 aliphatic heterocycles. The number of hydrogen-bond donors (Lipinski definition) is 2. The molecule has 0 radical (unpaired) electrons. The van der Waals surface area contributed by atoms with Crippen LogP contribution in [-0.2, 0) is 35.1 Å². The largest absolute Gasteiger partial charge is 0.465 e. The fraction of sp³-hybridized carbons (Fsp3) is 0.865. The van der Waals surface area contributed by atoms with Gasteiger partial charge in [-0.25, -0.2) is 4.98 Å². The van der Waals surface area contributed by atoms with Crippen LogP contribution in [0.5, 0.6) is 0 Å². The Bertz CT molecular complexity index is 1150. The molecule has 0 saturated heterocycles. The Morgan fingerprint density at radius 2 is 0.919 bits per heavy atom. The van der Waals surface area contributed by atoms with Crippen molar-refractivity contribution in [2.45, 2.75) is 253 Å². The highest BCUT2D eigenvalue weighted by atomic mass is 16.5. The Kier molecular flexibility index (Phi) is 37.6. The smallest absolute Gasteiger partial charge is 0.308 e. The SMILES string of the molecule is CCCCCCCCC(CCCCCC)C(=O)OCCCCCCN(CCCCCCOC(=O)C(CCCCCC)CCCCCCCC)C(=O)C(Cc1cnc[nH]1)NC(C)=O. The van der Waals surface area contributed by atoms with Gasteiger partial charge in [0, 0.05) is 38.3 Å². The lowest BCUT2D eigenvalue weighted by Gasteiger charge is -2.28. The van der Waals surface area contributed by atoms with E-state index in [0.717, 1.165) is 108 Å². The van der Waals surface area contributed by atoms with Crippen LogP contribution in [0.25, 0.3) is 0 Å². The molecule has 0 spiro atoms. The predicted octanol–water partition coefficient (Wildman–Crippen LogP) is 13.2. The first-order chi connectivity index (χ1) is 30.3. The number of rotatable bonds is 44. The fourth-order valence-electron chi connectivity index (χ4n) is 8.45. The molecular formula is C52H96N4O6. The molecule has 62 heavy (non-hydrogen) atoms. The van der Waals surface area contributed by atoms with E-state index in [0.29, 0.717) is 32.7 Å². The minimum Gasteiger partial charge on any atom is -0.465 e. The van der Waals surface area contributed by atoms with Crippen molar-refractivity contribution in [1.82, 2.24) is 20.2 Å². The molecule has 1 aromatic heterocycles. The van der Waals surface area contributed by atoms with Gasteiger partial charge in [0.05, 0.1) is 31.4 Å². The van der Waals surface area contributed by atoms with E-state index in [9.17, 15) is 19.2 Å². The number of carbonyl (C=O) groups is 4. The number of nitrogens with one attached hydrogen (secondary N) is 2. The van der Waals surface area contributed by atoms with E-state index in [2.05, 4.69) is 43.0 Å². The Labute approximate surface area is 380 Å². The lowest BCUT2D eigenvalue weighted by Crippen LogP contribution is -2.49. The van der Waals surface area contributed by atoms with Gasteiger partial charge in [-0.05, 0) is 64.2 Å². The van der Waals surface area contributed by atoms with Gasteiger partial charge in [-0.1, -0.05) is 169 Å². The summed E-state index contributed by atoms with van der Waals surface area (Å²) in [5, 5.41) is 2.88. The Hall–Kier alpha value is -2.91. The second-order valence-corrected chi connectivity index (χ2v) is 18.2. The molecule has 0 saturated carbocycles. The highest BCUT2D eigenvalue weighted by Crippen LogP contribution is 2.22. The summed E-state index contributed by atoms with van der Waals surface area (Å²) in [5.74, 6) is -0.319. The normalized spacial score (nSPS) is 12.8. The van der Waals surface area contributed by atoms with Crippen LogP contribution in [0.3, 0.4) is 0 Å². The number of imidazole rings is 1. The fourth-order valence-corrected chi connectivity index (χ4v) is 8.45. The minimum absolute atomic E-state index is 0.0168. The van der Waals surface area contributed by atoms with Gasteiger partial charge in [0.15, 0.2) is 0 Å². The van der Waals surface area contributed by atoms with E-state index in [4.69, 9.17) is 9.47 Å². The van der Waals surface area contributed by atoms with Crippen LogP contribution in [0.15, 0.2) is 12.5 Å². The summed E-state index contributed by atoms with van der Waals surface area (Å²) >= 11 is 0. The van der Waals surface area contributed by atoms with Gasteiger partial charge in [-0.3, -0.25) is 19.2 Å². The van der Waals surface area contributed by atoms with Crippen LogP contribution in [0.4, 0.5) is 0 Å². The van der Waals surface area contributed by atoms with Crippen LogP contribution < -0.4 is 5.32 Å². The molecule has 0 aliphatic carbocycles. The average molecular weight is 873 g/mol. The zero-order valence-electron chi connectivity index (χ0n) is 40.9. The van der Waals surface area contributed by atoms with Crippen LogP contribution in [0.1, 0.15) is 246 Å². The number of aromatic amines is 1. The summed E-state index contributed by atoms with van der Waals surface area (Å²) in [7, 11) is 0. The van der Waals surface area contributed by atoms with Gasteiger partial charge in [0.1, 0.15) is 6.04 Å². The number of aromatic nitrogens is 2. The molecule has 1 aromatic rings. The summed E-state index contributed by atoms with van der Waals surface area (Å²) in [6, 6.07) is -0.677. The van der Waals surface area contributed by atoms with Crippen molar-refractivity contribution in [3.63, 3.8) is 0 Å². The quantitative estimate of drug-likeness (QED) is 0.0493. The van der Waals surface area contributed by atoms with Crippen molar-refractivity contribution in [3.8, 4) is 0 Å². The first-order valence-corrected chi connectivity index (χ1v) is 26.1. The second-order valence-electron chi connectivity index (χ2n) is 18.2. The zero-order chi connectivity index (χ0) is 45.3. The van der Waals surface area contributed by atoms with Gasteiger partial charge in [-0.15, -0.1) is 0 Å². The Morgan fingerprint density at radius 3 is 1.31 bits per heavy atom. The summed E-state index contributed by atoms with van der Waals surface area (Å²) in [5.41, 5.74) is 0.798. The lowest BCUT2D eigenvalue weighted by atomic mass is 9.94. The van der Waals surface area contributed by atoms with Crippen molar-refractivity contribution < 1.29 is 28.7 Å². The highest BCUT2D eigenvalue weighted by Gasteiger charge is 2.26. The summed E-state index contributed by atoms with van der Waals surface area (Å²) < 4.78 is 11.7. The molecule has 0 aromatic carbocycles. The molecule has 1 heterocycles. The molecule has 3 unspecified atom stereocenters. The van der Waals surface area contributed by atoms with Gasteiger partial charge in [0.2, 0.25) is 11.8 Å². The van der Waals surface area contributed by atoms with Crippen molar-refractivity contribution >= 4 is 23.8 Å². The van der Waals surface area contributed by atoms with Crippen molar-refractivity contribution in [2.75, 3.05) is 26.3 Å². The number of hydrogen-bond acceptors (Lipinski definition) is 7. The van der Waals surface area contributed by atoms with Gasteiger partial charge in [0.25, 0.3) is 0 Å². The Morgan fingerprint density at radius 1 is 0.548 bits per heavy atom. The Balaban J connectivity index is 2.64. The monoisotopic (exact) mass is 873 g/mol. The molecule has 0 fully saturated rings. The van der Waals surface area contributed by atoms with Crippen molar-refractivity contribution in [1.29, 1.82) is 0 Å². The summed E-state index contributed by atoms with van der Waals surface area (Å²) in [6.07, 6.45) is 38.5. The van der Waals surface area contributed by atoms with E-state index in [1.54, 1.807) is 12.5 Å². The molecule has 2 N–H and O–H groups in total. The third kappa shape index (κ3) is 31.0. The molecule has 0 aliphatic rings. The van der Waals surface area contributed by atoms with Crippen LogP contribution >= 0.6 is 0 Å². The number of H-pyrrole nitrogens is 1. The second kappa shape index (κ2) is 40.8. The van der Waals surface area contributed by atoms with Crippen LogP contribution in [0, 0.1) is 11.8 Å². The maximum Gasteiger partial charge on any atom is 0.308 e. The van der Waals surface area contributed by atoms with Crippen LogP contribution in [0.2, 0.25) is 0 Å². The number of esters is 2. The maximum absolute atomic E-state index is 14.0. The zero-order valence-corrected chi connectivity index (χ0v) is 40.9. The average Bonchev–Trinajstić information content (AvgIpc) is 3.78. The minimum atomic E-state index is -0.677. The number of amides is 2. The van der Waals surface area contributed by atoms with E-state index < -0.39 is 6.04 Å². The maximum atomic E-state index is 14.0. The molecule has 10 heteroatoms. The molecule has 0 bridgehead atoms. The van der Waals surface area contributed by atoms with Crippen molar-refractivity contribution in [3.05, 3.63) is 18.2 Å². The molecule has 2 amide bonds. The standard InChI is InChI=1S/C52H96N4O6/c1-6-10-14-18-20-28-36-46(34-26-16-12-8-3)51(59)61-40-32-24-22-30-38-56(50(58)49(55-45(5)57)42-48-43-53-44-54-48)39-31-23-25-33-41-62-52(60)47(35-27-17-13-9-4)37-29-21-19-15-11-7-2/h43-44,46-47,49H,6-42H2,1-5H3,(H,53,54)(H,55,57). The molecular weight excluding hydrogens is 777 g/mol.